The van der Waals surface area contributed by atoms with E-state index in [-0.39, 0.29) is 5.56 Å². The normalized spacial score (nSPS) is 13.8. The summed E-state index contributed by atoms with van der Waals surface area (Å²) in [5.41, 5.74) is 2.39. The monoisotopic (exact) mass is 346 g/mol. The Bertz CT molecular complexity index is 718. The zero-order valence-corrected chi connectivity index (χ0v) is 12.4. The van der Waals surface area contributed by atoms with Crippen molar-refractivity contribution in [1.29, 1.82) is 0 Å². The van der Waals surface area contributed by atoms with E-state index in [2.05, 4.69) is 6.92 Å². The number of alkyl halides is 6. The van der Waals surface area contributed by atoms with Crippen molar-refractivity contribution in [1.82, 2.24) is 0 Å². The molecular formula is C17H14F6N. The maximum Gasteiger partial charge on any atom is 0.417 e. The van der Waals surface area contributed by atoms with Crippen LogP contribution < -0.4 is 5.73 Å². The highest BCUT2D eigenvalue weighted by molar-refractivity contribution is 5.70. The molecule has 2 N–H and O–H groups in total. The number of benzene rings is 2. The largest absolute Gasteiger partial charge is 0.417 e. The third-order valence-electron chi connectivity index (χ3n) is 3.59. The molecule has 0 fully saturated rings. The number of nitrogens with two attached hydrogens (primary N) is 1. The van der Waals surface area contributed by atoms with Crippen LogP contribution >= 0.6 is 0 Å². The molecule has 2 aromatic rings. The molecular weight excluding hydrogens is 332 g/mol. The molecule has 1 atom stereocenters. The van der Waals surface area contributed by atoms with Crippen LogP contribution in [0.5, 0.6) is 0 Å². The summed E-state index contributed by atoms with van der Waals surface area (Å²) < 4.78 is 79.0. The molecule has 0 bridgehead atoms. The van der Waals surface area contributed by atoms with Crippen molar-refractivity contribution < 1.29 is 26.3 Å². The Balaban J connectivity index is 2.72. The van der Waals surface area contributed by atoms with Gasteiger partial charge in [-0.3, -0.25) is 0 Å². The van der Waals surface area contributed by atoms with E-state index < -0.39 is 35.1 Å². The van der Waals surface area contributed by atoms with Crippen molar-refractivity contribution in [3.8, 4) is 11.1 Å². The summed E-state index contributed by atoms with van der Waals surface area (Å²) in [4.78, 5) is 0. The zero-order valence-electron chi connectivity index (χ0n) is 12.4. The lowest BCUT2D eigenvalue weighted by Gasteiger charge is -2.20. The summed E-state index contributed by atoms with van der Waals surface area (Å²) in [5.74, 6) is 0. The van der Waals surface area contributed by atoms with Crippen LogP contribution in [0.15, 0.2) is 42.5 Å². The Morgan fingerprint density at radius 3 is 2.08 bits per heavy atom. The van der Waals surface area contributed by atoms with Crippen molar-refractivity contribution in [3.63, 3.8) is 0 Å². The first-order valence-corrected chi connectivity index (χ1v) is 6.98. The van der Waals surface area contributed by atoms with Gasteiger partial charge in [0.1, 0.15) is 0 Å². The van der Waals surface area contributed by atoms with E-state index in [0.29, 0.717) is 18.1 Å². The van der Waals surface area contributed by atoms with Crippen molar-refractivity contribution in [2.24, 2.45) is 5.73 Å². The van der Waals surface area contributed by atoms with Crippen LogP contribution in [0.2, 0.25) is 0 Å². The number of hydrogen-bond acceptors (Lipinski definition) is 1. The molecule has 0 heterocycles. The van der Waals surface area contributed by atoms with Gasteiger partial charge in [-0.1, -0.05) is 37.3 Å². The van der Waals surface area contributed by atoms with Gasteiger partial charge < -0.3 is 5.73 Å². The molecule has 0 aliphatic rings. The van der Waals surface area contributed by atoms with Gasteiger partial charge in [0.2, 0.25) is 0 Å². The molecule has 2 rings (SSSR count). The van der Waals surface area contributed by atoms with Crippen molar-refractivity contribution >= 4 is 0 Å². The summed E-state index contributed by atoms with van der Waals surface area (Å²) in [5, 5.41) is 0. The van der Waals surface area contributed by atoms with E-state index in [1.807, 2.05) is 0 Å². The van der Waals surface area contributed by atoms with E-state index in [9.17, 15) is 26.3 Å². The summed E-state index contributed by atoms with van der Waals surface area (Å²) in [7, 11) is 0. The highest BCUT2D eigenvalue weighted by Crippen LogP contribution is 2.45. The van der Waals surface area contributed by atoms with Crippen molar-refractivity contribution in [2.75, 3.05) is 0 Å². The molecule has 2 aromatic carbocycles. The predicted molar refractivity (Wildman–Crippen MR) is 78.8 cm³/mol. The Morgan fingerprint density at radius 2 is 1.54 bits per heavy atom. The van der Waals surface area contributed by atoms with Crippen LogP contribution in [-0.2, 0) is 12.4 Å². The molecule has 7 heteroatoms. The molecule has 0 aliphatic heterocycles. The fraction of sp³-hybridized carbons (Fsp3) is 0.235. The molecule has 0 saturated carbocycles. The fourth-order valence-electron chi connectivity index (χ4n) is 2.44. The molecule has 1 radical (unpaired) electrons. The van der Waals surface area contributed by atoms with Gasteiger partial charge in [-0.25, -0.2) is 0 Å². The topological polar surface area (TPSA) is 26.0 Å². The van der Waals surface area contributed by atoms with Crippen LogP contribution in [0, 0.1) is 6.92 Å². The lowest BCUT2D eigenvalue weighted by Crippen LogP contribution is -2.18. The van der Waals surface area contributed by atoms with Gasteiger partial charge in [0.15, 0.2) is 0 Å². The van der Waals surface area contributed by atoms with Crippen LogP contribution in [0.25, 0.3) is 11.1 Å². The van der Waals surface area contributed by atoms with E-state index in [0.717, 1.165) is 12.1 Å². The number of hydrogen-bond donors (Lipinski definition) is 1. The maximum absolute atomic E-state index is 13.3. The third kappa shape index (κ3) is 3.72. The highest BCUT2D eigenvalue weighted by Gasteiger charge is 2.44. The minimum Gasteiger partial charge on any atom is -0.324 e. The van der Waals surface area contributed by atoms with Gasteiger partial charge in [0.25, 0.3) is 0 Å². The van der Waals surface area contributed by atoms with Crippen molar-refractivity contribution in [2.45, 2.75) is 24.8 Å². The number of rotatable bonds is 3. The summed E-state index contributed by atoms with van der Waals surface area (Å²) in [6.07, 6.45) is -9.95. The van der Waals surface area contributed by atoms with Crippen LogP contribution in [0.1, 0.15) is 29.2 Å². The standard InChI is InChI=1S/C17H14F6N/c1-2-14(24)11-6-3-5-10(9-11)12-7-4-8-13(16(18,19)20)15(12)17(21,22)23/h3-9,14H,1-2,24H2. The van der Waals surface area contributed by atoms with Crippen molar-refractivity contribution in [3.05, 3.63) is 66.1 Å². The molecule has 0 spiro atoms. The second-order valence-corrected chi connectivity index (χ2v) is 5.24. The Labute approximate surface area is 135 Å². The molecule has 0 amide bonds. The SMILES string of the molecule is [CH2]CC(N)c1cccc(-c2cccc(C(F)(F)F)c2C(F)(F)F)c1. The van der Waals surface area contributed by atoms with E-state index in [1.54, 1.807) is 6.07 Å². The first-order chi connectivity index (χ1) is 11.1. The molecule has 1 nitrogen and oxygen atoms in total. The third-order valence-corrected chi connectivity index (χ3v) is 3.59. The van der Waals surface area contributed by atoms with E-state index >= 15 is 0 Å². The van der Waals surface area contributed by atoms with Gasteiger partial charge in [-0.15, -0.1) is 0 Å². The summed E-state index contributed by atoms with van der Waals surface area (Å²) in [6, 6.07) is 7.64. The Kier molecular flexibility index (Phi) is 4.94. The molecule has 0 aliphatic carbocycles. The smallest absolute Gasteiger partial charge is 0.324 e. The van der Waals surface area contributed by atoms with Crippen LogP contribution in [0.4, 0.5) is 26.3 Å². The molecule has 1 unspecified atom stereocenters. The average molecular weight is 346 g/mol. The quantitative estimate of drug-likeness (QED) is 0.718. The minimum absolute atomic E-state index is 0.0230. The fourth-order valence-corrected chi connectivity index (χ4v) is 2.44. The predicted octanol–water partition coefficient (Wildman–Crippen LogP) is 5.62. The molecule has 0 saturated heterocycles. The highest BCUT2D eigenvalue weighted by atomic mass is 19.4. The molecule has 0 aromatic heterocycles. The Morgan fingerprint density at radius 1 is 0.917 bits per heavy atom. The van der Waals surface area contributed by atoms with E-state index in [1.165, 1.54) is 18.2 Å². The Hall–Kier alpha value is -2.02. The zero-order chi connectivity index (χ0) is 18.1. The second-order valence-electron chi connectivity index (χ2n) is 5.24. The van der Waals surface area contributed by atoms with Crippen LogP contribution in [-0.4, -0.2) is 0 Å². The minimum atomic E-state index is -5.15. The molecule has 129 valence electrons. The van der Waals surface area contributed by atoms with Gasteiger partial charge >= 0.3 is 12.4 Å². The maximum atomic E-state index is 13.3. The number of halogens is 6. The summed E-state index contributed by atoms with van der Waals surface area (Å²) in [6.45, 7) is 3.61. The summed E-state index contributed by atoms with van der Waals surface area (Å²) >= 11 is 0. The van der Waals surface area contributed by atoms with Gasteiger partial charge in [-0.05, 0) is 35.2 Å². The van der Waals surface area contributed by atoms with Crippen LogP contribution in [0.3, 0.4) is 0 Å². The van der Waals surface area contributed by atoms with Gasteiger partial charge in [0.05, 0.1) is 11.1 Å². The average Bonchev–Trinajstić information content (AvgIpc) is 2.52. The van der Waals surface area contributed by atoms with Gasteiger partial charge in [0, 0.05) is 6.04 Å². The first kappa shape index (κ1) is 18.3. The first-order valence-electron chi connectivity index (χ1n) is 6.98. The molecule has 24 heavy (non-hydrogen) atoms. The lowest BCUT2D eigenvalue weighted by molar-refractivity contribution is -0.161. The lowest BCUT2D eigenvalue weighted by atomic mass is 9.92. The van der Waals surface area contributed by atoms with Gasteiger partial charge in [-0.2, -0.15) is 26.3 Å². The second kappa shape index (κ2) is 6.47. The van der Waals surface area contributed by atoms with E-state index in [4.69, 9.17) is 5.73 Å².